The second kappa shape index (κ2) is 7.13. The average molecular weight is 349 g/mol. The highest BCUT2D eigenvalue weighted by molar-refractivity contribution is 6.28. The summed E-state index contributed by atoms with van der Waals surface area (Å²) in [5, 5.41) is 3.03. The first-order valence-corrected chi connectivity index (χ1v) is 8.21. The van der Waals surface area contributed by atoms with Crippen molar-refractivity contribution in [2.45, 2.75) is 25.7 Å². The highest BCUT2D eigenvalue weighted by atomic mass is 35.5. The lowest BCUT2D eigenvalue weighted by Gasteiger charge is -2.31. The number of hydrogen-bond acceptors (Lipinski definition) is 3. The molecule has 1 saturated heterocycles. The van der Waals surface area contributed by atoms with E-state index in [0.29, 0.717) is 18.8 Å². The lowest BCUT2D eigenvalue weighted by Crippen LogP contribution is -2.40. The number of nitrogens with one attached hydrogen (secondary N) is 1. The third-order valence-electron chi connectivity index (χ3n) is 4.29. The number of anilines is 1. The highest BCUT2D eigenvalue weighted by Crippen LogP contribution is 2.27. The zero-order valence-electron chi connectivity index (χ0n) is 13.3. The van der Waals surface area contributed by atoms with Crippen molar-refractivity contribution >= 4 is 23.3 Å². The Morgan fingerprint density at radius 2 is 2.08 bits per heavy atom. The molecule has 0 atom stereocenters. The molecule has 0 saturated carbocycles. The maximum absolute atomic E-state index is 13.3. The fourth-order valence-corrected chi connectivity index (χ4v) is 3.03. The Hall–Kier alpha value is -2.21. The summed E-state index contributed by atoms with van der Waals surface area (Å²) < 4.78 is 13.3. The van der Waals surface area contributed by atoms with Gasteiger partial charge in [0.1, 0.15) is 5.82 Å². The SMILES string of the molecule is Cc1ccc(F)cc1NC(=O)N1CCC(c2ccnc(Cl)n2)CC1. The van der Waals surface area contributed by atoms with Crippen molar-refractivity contribution in [3.63, 3.8) is 0 Å². The maximum atomic E-state index is 13.3. The molecule has 126 valence electrons. The van der Waals surface area contributed by atoms with E-state index < -0.39 is 0 Å². The minimum Gasteiger partial charge on any atom is -0.324 e. The van der Waals surface area contributed by atoms with Gasteiger partial charge in [-0.2, -0.15) is 0 Å². The summed E-state index contributed by atoms with van der Waals surface area (Å²) in [6, 6.07) is 6.02. The van der Waals surface area contributed by atoms with Gasteiger partial charge in [-0.05, 0) is 55.1 Å². The van der Waals surface area contributed by atoms with Gasteiger partial charge in [0.2, 0.25) is 5.28 Å². The summed E-state index contributed by atoms with van der Waals surface area (Å²) in [6.07, 6.45) is 3.27. The molecule has 2 heterocycles. The van der Waals surface area contributed by atoms with Crippen molar-refractivity contribution < 1.29 is 9.18 Å². The van der Waals surface area contributed by atoms with Gasteiger partial charge in [-0.25, -0.2) is 19.2 Å². The number of piperidine rings is 1. The number of likely N-dealkylation sites (tertiary alicyclic amines) is 1. The fraction of sp³-hybridized carbons (Fsp3) is 0.353. The molecular weight excluding hydrogens is 331 g/mol. The molecule has 1 aliphatic rings. The van der Waals surface area contributed by atoms with Crippen molar-refractivity contribution in [1.82, 2.24) is 14.9 Å². The predicted molar refractivity (Wildman–Crippen MR) is 90.7 cm³/mol. The third-order valence-corrected chi connectivity index (χ3v) is 4.47. The second-order valence-electron chi connectivity index (χ2n) is 5.90. The number of aryl methyl sites for hydroxylation is 1. The molecule has 2 aromatic rings. The van der Waals surface area contributed by atoms with Crippen LogP contribution in [0.2, 0.25) is 5.28 Å². The van der Waals surface area contributed by atoms with Crippen molar-refractivity contribution in [2.75, 3.05) is 18.4 Å². The topological polar surface area (TPSA) is 58.1 Å². The molecule has 24 heavy (non-hydrogen) atoms. The van der Waals surface area contributed by atoms with E-state index in [1.54, 1.807) is 17.2 Å². The van der Waals surface area contributed by atoms with Gasteiger partial charge >= 0.3 is 6.03 Å². The molecule has 2 amide bonds. The number of halogens is 2. The lowest BCUT2D eigenvalue weighted by molar-refractivity contribution is 0.194. The van der Waals surface area contributed by atoms with Crippen LogP contribution in [0.25, 0.3) is 0 Å². The number of benzene rings is 1. The third kappa shape index (κ3) is 3.82. The molecule has 1 fully saturated rings. The maximum Gasteiger partial charge on any atom is 0.321 e. The van der Waals surface area contributed by atoms with E-state index in [-0.39, 0.29) is 23.0 Å². The van der Waals surface area contributed by atoms with Crippen LogP contribution in [0.3, 0.4) is 0 Å². The summed E-state index contributed by atoms with van der Waals surface area (Å²) in [5.74, 6) is -0.0966. The summed E-state index contributed by atoms with van der Waals surface area (Å²) in [4.78, 5) is 22.3. The largest absolute Gasteiger partial charge is 0.324 e. The average Bonchev–Trinajstić information content (AvgIpc) is 2.58. The van der Waals surface area contributed by atoms with Crippen LogP contribution in [-0.2, 0) is 0 Å². The van der Waals surface area contributed by atoms with Crippen LogP contribution in [0.5, 0.6) is 0 Å². The van der Waals surface area contributed by atoms with E-state index in [4.69, 9.17) is 11.6 Å². The minimum atomic E-state index is -0.366. The zero-order valence-corrected chi connectivity index (χ0v) is 14.1. The normalized spacial score (nSPS) is 15.4. The Bertz CT molecular complexity index is 747. The Morgan fingerprint density at radius 3 is 2.79 bits per heavy atom. The van der Waals surface area contributed by atoms with E-state index in [1.165, 1.54) is 12.1 Å². The monoisotopic (exact) mass is 348 g/mol. The molecule has 7 heteroatoms. The number of carbonyl (C=O) groups excluding carboxylic acids is 1. The Balaban J connectivity index is 1.60. The molecule has 3 rings (SSSR count). The number of nitrogens with zero attached hydrogens (tertiary/aromatic N) is 3. The van der Waals surface area contributed by atoms with Crippen molar-refractivity contribution in [2.24, 2.45) is 0 Å². The Morgan fingerprint density at radius 1 is 1.33 bits per heavy atom. The van der Waals surface area contributed by atoms with Crippen LogP contribution >= 0.6 is 11.6 Å². The standard InChI is InChI=1S/C17H18ClFN4O/c1-11-2-3-13(19)10-15(11)22-17(24)23-8-5-12(6-9-23)14-4-7-20-16(18)21-14/h2-4,7,10,12H,5-6,8-9H2,1H3,(H,22,24). The minimum absolute atomic E-state index is 0.206. The molecule has 1 N–H and O–H groups in total. The van der Waals surface area contributed by atoms with E-state index in [2.05, 4.69) is 15.3 Å². The molecule has 0 unspecified atom stereocenters. The van der Waals surface area contributed by atoms with Gasteiger partial charge in [0.15, 0.2) is 0 Å². The zero-order chi connectivity index (χ0) is 17.1. The fourth-order valence-electron chi connectivity index (χ4n) is 2.88. The lowest BCUT2D eigenvalue weighted by atomic mass is 9.93. The summed E-state index contributed by atoms with van der Waals surface area (Å²) in [6.45, 7) is 3.07. The second-order valence-corrected chi connectivity index (χ2v) is 6.24. The van der Waals surface area contributed by atoms with Crippen LogP contribution in [0.1, 0.15) is 30.0 Å². The van der Waals surface area contributed by atoms with Crippen LogP contribution in [0, 0.1) is 12.7 Å². The molecule has 1 aliphatic heterocycles. The van der Waals surface area contributed by atoms with Gasteiger partial charge in [-0.1, -0.05) is 6.07 Å². The number of carbonyl (C=O) groups is 1. The molecule has 0 radical (unpaired) electrons. The van der Waals surface area contributed by atoms with Crippen LogP contribution < -0.4 is 5.32 Å². The molecule has 1 aromatic heterocycles. The van der Waals surface area contributed by atoms with Crippen LogP contribution in [0.15, 0.2) is 30.5 Å². The van der Waals surface area contributed by atoms with Crippen molar-refractivity contribution in [3.05, 3.63) is 52.8 Å². The number of amides is 2. The van der Waals surface area contributed by atoms with Crippen molar-refractivity contribution in [3.8, 4) is 0 Å². The smallest absolute Gasteiger partial charge is 0.321 e. The Labute approximate surface area is 144 Å². The van der Waals surface area contributed by atoms with Crippen LogP contribution in [0.4, 0.5) is 14.9 Å². The first-order valence-electron chi connectivity index (χ1n) is 7.83. The van der Waals surface area contributed by atoms with E-state index in [0.717, 1.165) is 24.1 Å². The molecule has 0 aliphatic carbocycles. The number of aromatic nitrogens is 2. The first-order chi connectivity index (χ1) is 11.5. The van der Waals surface area contributed by atoms with Gasteiger partial charge in [0.25, 0.3) is 0 Å². The summed E-state index contributed by atoms with van der Waals surface area (Å²) in [5.41, 5.74) is 2.25. The highest BCUT2D eigenvalue weighted by Gasteiger charge is 2.25. The van der Waals surface area contributed by atoms with Crippen LogP contribution in [-0.4, -0.2) is 34.0 Å². The summed E-state index contributed by atoms with van der Waals surface area (Å²) in [7, 11) is 0. The number of rotatable bonds is 2. The van der Waals surface area contributed by atoms with E-state index >= 15 is 0 Å². The molecule has 0 bridgehead atoms. The number of urea groups is 1. The summed E-state index contributed by atoms with van der Waals surface area (Å²) >= 11 is 5.83. The van der Waals surface area contributed by atoms with Gasteiger partial charge in [-0.3, -0.25) is 0 Å². The Kier molecular flexibility index (Phi) is 4.94. The van der Waals surface area contributed by atoms with Gasteiger partial charge < -0.3 is 10.2 Å². The molecular formula is C17H18ClFN4O. The van der Waals surface area contributed by atoms with Crippen molar-refractivity contribution in [1.29, 1.82) is 0 Å². The quantitative estimate of drug-likeness (QED) is 0.835. The van der Waals surface area contributed by atoms with Gasteiger partial charge in [0.05, 0.1) is 0 Å². The first kappa shape index (κ1) is 16.6. The van der Waals surface area contributed by atoms with E-state index in [9.17, 15) is 9.18 Å². The number of hydrogen-bond donors (Lipinski definition) is 1. The van der Waals surface area contributed by atoms with E-state index in [1.807, 2.05) is 13.0 Å². The van der Waals surface area contributed by atoms with Gasteiger partial charge in [-0.15, -0.1) is 0 Å². The molecule has 1 aromatic carbocycles. The van der Waals surface area contributed by atoms with Gasteiger partial charge in [0, 0.05) is 36.6 Å². The molecule has 0 spiro atoms. The predicted octanol–water partition coefficient (Wildman–Crippen LogP) is 3.99. The molecule has 5 nitrogen and oxygen atoms in total.